The molecule has 2 aliphatic heterocycles. The van der Waals surface area contributed by atoms with Crippen molar-refractivity contribution in [3.63, 3.8) is 0 Å². The minimum absolute atomic E-state index is 0.119. The Morgan fingerprint density at radius 2 is 1.88 bits per heavy atom. The van der Waals surface area contributed by atoms with Crippen LogP contribution in [0.25, 0.3) is 5.76 Å². The number of nitro groups is 1. The molecule has 3 atom stereocenters. The van der Waals surface area contributed by atoms with Crippen LogP contribution in [0, 0.1) is 22.0 Å². The van der Waals surface area contributed by atoms with Crippen LogP contribution in [0.15, 0.2) is 30.3 Å². The van der Waals surface area contributed by atoms with Crippen LogP contribution in [-0.2, 0) is 4.74 Å². The zero-order valence-electron chi connectivity index (χ0n) is 14.5. The Balaban J connectivity index is 1.84. The highest BCUT2D eigenvalue weighted by Crippen LogP contribution is 2.33. The van der Waals surface area contributed by atoms with Gasteiger partial charge in [-0.15, -0.1) is 0 Å². The van der Waals surface area contributed by atoms with Gasteiger partial charge >= 0.3 is 0 Å². The van der Waals surface area contributed by atoms with Crippen molar-refractivity contribution in [2.24, 2.45) is 11.8 Å². The molecule has 1 aromatic carbocycles. The van der Waals surface area contributed by atoms with E-state index in [0.717, 1.165) is 17.7 Å². The molecule has 24 heavy (non-hydrogen) atoms. The Bertz CT molecular complexity index is 606. The molecule has 0 amide bonds. The molecular weight excluding hydrogens is 304 g/mol. The summed E-state index contributed by atoms with van der Waals surface area (Å²) in [4.78, 5) is 12.0. The molecule has 0 aliphatic carbocycles. The average molecular weight is 331 g/mol. The molecule has 0 bridgehead atoms. The SMILES string of the molecule is CC[C@@H]1C=C(c2ccc([N+](=O)[O-])cc2)O[C@@H]([NH+]2CCCCC2)[C@@H]1C. The third kappa shape index (κ3) is 3.46. The van der Waals surface area contributed by atoms with Crippen molar-refractivity contribution in [2.45, 2.75) is 45.8 Å². The first-order valence-corrected chi connectivity index (χ1v) is 9.08. The fourth-order valence-corrected chi connectivity index (χ4v) is 4.00. The lowest BCUT2D eigenvalue weighted by molar-refractivity contribution is -0.955. The molecule has 3 rings (SSSR count). The van der Waals surface area contributed by atoms with Gasteiger partial charge in [0.1, 0.15) is 5.76 Å². The fourth-order valence-electron chi connectivity index (χ4n) is 4.00. The summed E-state index contributed by atoms with van der Waals surface area (Å²) in [6.07, 6.45) is 7.36. The van der Waals surface area contributed by atoms with Crippen LogP contribution >= 0.6 is 0 Å². The highest BCUT2D eigenvalue weighted by Gasteiger charge is 2.38. The molecule has 1 fully saturated rings. The fraction of sp³-hybridized carbons (Fsp3) is 0.579. The standard InChI is InChI=1S/C19H26N2O3/c1-3-15-13-18(16-7-9-17(10-8-16)21(22)23)24-19(14(15)2)20-11-5-4-6-12-20/h7-10,13-15,19H,3-6,11-12H2,1-2H3/p+1/t14-,15-,19-/m1/s1. The lowest BCUT2D eigenvalue weighted by atomic mass is 9.85. The van der Waals surface area contributed by atoms with E-state index >= 15 is 0 Å². The normalized spacial score (nSPS) is 28.1. The van der Waals surface area contributed by atoms with E-state index in [9.17, 15) is 10.1 Å². The smallest absolute Gasteiger partial charge is 0.269 e. The lowest BCUT2D eigenvalue weighted by Crippen LogP contribution is -3.17. The third-order valence-corrected chi connectivity index (χ3v) is 5.50. The first-order valence-electron chi connectivity index (χ1n) is 9.08. The monoisotopic (exact) mass is 331 g/mol. The maximum atomic E-state index is 10.8. The minimum Gasteiger partial charge on any atom is -0.442 e. The Labute approximate surface area is 143 Å². The van der Waals surface area contributed by atoms with E-state index in [4.69, 9.17) is 4.74 Å². The van der Waals surface area contributed by atoms with E-state index in [1.165, 1.54) is 32.4 Å². The number of nitrogens with one attached hydrogen (secondary N) is 1. The maximum absolute atomic E-state index is 10.8. The first kappa shape index (κ1) is 17.0. The van der Waals surface area contributed by atoms with Gasteiger partial charge in [0.15, 0.2) is 0 Å². The van der Waals surface area contributed by atoms with Crippen molar-refractivity contribution in [3.05, 3.63) is 46.0 Å². The summed E-state index contributed by atoms with van der Waals surface area (Å²) in [6, 6.07) is 6.72. The van der Waals surface area contributed by atoms with Crippen molar-refractivity contribution in [3.8, 4) is 0 Å². The van der Waals surface area contributed by atoms with Gasteiger partial charge in [-0.3, -0.25) is 15.0 Å². The Morgan fingerprint density at radius 1 is 1.21 bits per heavy atom. The van der Waals surface area contributed by atoms with Gasteiger partial charge in [-0.1, -0.05) is 13.8 Å². The lowest BCUT2D eigenvalue weighted by Gasteiger charge is -2.40. The van der Waals surface area contributed by atoms with Gasteiger partial charge in [0.25, 0.3) is 5.69 Å². The van der Waals surface area contributed by atoms with Gasteiger partial charge in [0.2, 0.25) is 6.23 Å². The summed E-state index contributed by atoms with van der Waals surface area (Å²) in [5, 5.41) is 10.8. The minimum atomic E-state index is -0.364. The molecule has 2 aliphatic rings. The van der Waals surface area contributed by atoms with Crippen LogP contribution in [-0.4, -0.2) is 24.2 Å². The first-order chi connectivity index (χ1) is 11.6. The number of non-ortho nitro benzene ring substituents is 1. The third-order valence-electron chi connectivity index (χ3n) is 5.50. The number of hydrogen-bond donors (Lipinski definition) is 1. The molecule has 5 heteroatoms. The molecule has 0 radical (unpaired) electrons. The van der Waals surface area contributed by atoms with Crippen molar-refractivity contribution < 1.29 is 14.6 Å². The predicted molar refractivity (Wildman–Crippen MR) is 93.4 cm³/mol. The van der Waals surface area contributed by atoms with Crippen LogP contribution in [0.4, 0.5) is 5.69 Å². The molecule has 0 aromatic heterocycles. The molecule has 5 nitrogen and oxygen atoms in total. The number of ether oxygens (including phenoxy) is 1. The molecule has 1 N–H and O–H groups in total. The van der Waals surface area contributed by atoms with Gasteiger partial charge in [0, 0.05) is 17.7 Å². The van der Waals surface area contributed by atoms with E-state index in [1.54, 1.807) is 29.2 Å². The van der Waals surface area contributed by atoms with E-state index < -0.39 is 0 Å². The number of nitro benzene ring substituents is 1. The largest absolute Gasteiger partial charge is 0.442 e. The topological polar surface area (TPSA) is 56.8 Å². The van der Waals surface area contributed by atoms with E-state index in [-0.39, 0.29) is 16.8 Å². The summed E-state index contributed by atoms with van der Waals surface area (Å²) in [5.74, 6) is 1.87. The van der Waals surface area contributed by atoms with Gasteiger partial charge < -0.3 is 4.74 Å². The van der Waals surface area contributed by atoms with E-state index in [0.29, 0.717) is 11.8 Å². The number of likely N-dealkylation sites (tertiary alicyclic amines) is 1. The predicted octanol–water partition coefficient (Wildman–Crippen LogP) is 3.02. The second-order valence-electron chi connectivity index (χ2n) is 7.02. The van der Waals surface area contributed by atoms with Crippen molar-refractivity contribution in [1.29, 1.82) is 0 Å². The van der Waals surface area contributed by atoms with Gasteiger partial charge in [-0.25, -0.2) is 0 Å². The number of piperidine rings is 1. The summed E-state index contributed by atoms with van der Waals surface area (Å²) >= 11 is 0. The van der Waals surface area contributed by atoms with E-state index in [2.05, 4.69) is 19.9 Å². The van der Waals surface area contributed by atoms with Crippen molar-refractivity contribution >= 4 is 11.4 Å². The molecule has 0 spiro atoms. The molecular formula is C19H27N2O3+. The molecule has 0 unspecified atom stereocenters. The van der Waals surface area contributed by atoms with Crippen molar-refractivity contribution in [1.82, 2.24) is 0 Å². The zero-order valence-corrected chi connectivity index (χ0v) is 14.5. The van der Waals surface area contributed by atoms with Gasteiger partial charge in [-0.05, 0) is 49.8 Å². The van der Waals surface area contributed by atoms with Gasteiger partial charge in [-0.2, -0.15) is 0 Å². The number of allylic oxidation sites excluding steroid dienone is 1. The Kier molecular flexibility index (Phi) is 5.19. The van der Waals surface area contributed by atoms with Gasteiger partial charge in [0.05, 0.1) is 23.9 Å². The number of rotatable bonds is 4. The number of nitrogens with zero attached hydrogens (tertiary/aromatic N) is 1. The zero-order chi connectivity index (χ0) is 17.1. The quantitative estimate of drug-likeness (QED) is 0.681. The summed E-state index contributed by atoms with van der Waals surface area (Å²) in [7, 11) is 0. The van der Waals surface area contributed by atoms with Crippen molar-refractivity contribution in [2.75, 3.05) is 13.1 Å². The van der Waals surface area contributed by atoms with Crippen LogP contribution in [0.5, 0.6) is 0 Å². The van der Waals surface area contributed by atoms with Crippen LogP contribution in [0.3, 0.4) is 0 Å². The molecule has 130 valence electrons. The number of quaternary nitrogens is 1. The molecule has 0 saturated carbocycles. The summed E-state index contributed by atoms with van der Waals surface area (Å²) in [5.41, 5.74) is 1.06. The highest BCUT2D eigenvalue weighted by atomic mass is 16.6. The van der Waals surface area contributed by atoms with E-state index in [1.807, 2.05) is 0 Å². The summed E-state index contributed by atoms with van der Waals surface area (Å²) < 4.78 is 6.41. The molecule has 1 aromatic rings. The number of hydrogen-bond acceptors (Lipinski definition) is 3. The second kappa shape index (κ2) is 7.34. The second-order valence-corrected chi connectivity index (χ2v) is 7.02. The Morgan fingerprint density at radius 3 is 2.46 bits per heavy atom. The Hall–Kier alpha value is -1.88. The number of benzene rings is 1. The summed E-state index contributed by atoms with van der Waals surface area (Å²) in [6.45, 7) is 6.88. The van der Waals surface area contributed by atoms with Crippen LogP contribution in [0.1, 0.15) is 45.1 Å². The van der Waals surface area contributed by atoms with Crippen LogP contribution in [0.2, 0.25) is 0 Å². The molecule has 2 heterocycles. The highest BCUT2D eigenvalue weighted by molar-refractivity contribution is 5.62. The van der Waals surface area contributed by atoms with Crippen LogP contribution < -0.4 is 4.90 Å². The molecule has 1 saturated heterocycles. The average Bonchev–Trinajstić information content (AvgIpc) is 2.62. The maximum Gasteiger partial charge on any atom is 0.269 e.